The summed E-state index contributed by atoms with van der Waals surface area (Å²) in [4.78, 5) is 11.5. The summed E-state index contributed by atoms with van der Waals surface area (Å²) in [6, 6.07) is 2.08. The van der Waals surface area contributed by atoms with Gasteiger partial charge in [0.15, 0.2) is 0 Å². The second-order valence-corrected chi connectivity index (χ2v) is 6.21. The standard InChI is InChI=1S/C14H26N4O2/c1-10(2)18-12(6-7-17-18)8-11(15)9-16-13(19)20-14(3,4)5/h6-7,10-11H,8-9,15H2,1-5H3,(H,16,19). The Morgan fingerprint density at radius 3 is 2.70 bits per heavy atom. The highest BCUT2D eigenvalue weighted by atomic mass is 16.6. The van der Waals surface area contributed by atoms with Gasteiger partial charge >= 0.3 is 6.09 Å². The monoisotopic (exact) mass is 282 g/mol. The van der Waals surface area contributed by atoms with Crippen LogP contribution < -0.4 is 11.1 Å². The minimum atomic E-state index is -0.496. The van der Waals surface area contributed by atoms with Gasteiger partial charge in [0.1, 0.15) is 5.60 Å². The zero-order valence-electron chi connectivity index (χ0n) is 13.0. The number of nitrogens with two attached hydrogens (primary N) is 1. The highest BCUT2D eigenvalue weighted by Gasteiger charge is 2.17. The number of aromatic nitrogens is 2. The Morgan fingerprint density at radius 2 is 2.15 bits per heavy atom. The molecular formula is C14H26N4O2. The third kappa shape index (κ3) is 5.61. The van der Waals surface area contributed by atoms with E-state index in [9.17, 15) is 4.79 Å². The van der Waals surface area contributed by atoms with Crippen LogP contribution in [0.2, 0.25) is 0 Å². The van der Waals surface area contributed by atoms with E-state index in [1.54, 1.807) is 6.20 Å². The first kappa shape index (κ1) is 16.5. The van der Waals surface area contributed by atoms with Gasteiger partial charge in [-0.2, -0.15) is 5.10 Å². The smallest absolute Gasteiger partial charge is 0.407 e. The average Bonchev–Trinajstić information content (AvgIpc) is 2.72. The molecule has 3 N–H and O–H groups in total. The molecule has 0 aliphatic rings. The fourth-order valence-corrected chi connectivity index (χ4v) is 1.84. The molecule has 0 bridgehead atoms. The summed E-state index contributed by atoms with van der Waals surface area (Å²) in [5.74, 6) is 0. The Morgan fingerprint density at radius 1 is 1.50 bits per heavy atom. The number of hydrogen-bond donors (Lipinski definition) is 2. The molecule has 0 spiro atoms. The Kier molecular flexibility index (Phi) is 5.56. The molecule has 6 heteroatoms. The van der Waals surface area contributed by atoms with Crippen LogP contribution in [-0.2, 0) is 11.2 Å². The first-order chi connectivity index (χ1) is 9.19. The van der Waals surface area contributed by atoms with Crippen LogP contribution in [0.25, 0.3) is 0 Å². The third-order valence-electron chi connectivity index (χ3n) is 2.62. The molecule has 6 nitrogen and oxygen atoms in total. The van der Waals surface area contributed by atoms with Crippen LogP contribution in [-0.4, -0.2) is 34.1 Å². The van der Waals surface area contributed by atoms with E-state index in [-0.39, 0.29) is 6.04 Å². The van der Waals surface area contributed by atoms with Crippen molar-refractivity contribution in [2.45, 2.75) is 58.7 Å². The van der Waals surface area contributed by atoms with Gasteiger partial charge in [-0.15, -0.1) is 0 Å². The van der Waals surface area contributed by atoms with E-state index < -0.39 is 11.7 Å². The fraction of sp³-hybridized carbons (Fsp3) is 0.714. The number of amides is 1. The van der Waals surface area contributed by atoms with Crippen molar-refractivity contribution in [1.82, 2.24) is 15.1 Å². The zero-order chi connectivity index (χ0) is 15.3. The molecule has 1 atom stereocenters. The molecule has 1 aromatic rings. The van der Waals surface area contributed by atoms with Crippen molar-refractivity contribution in [2.24, 2.45) is 5.73 Å². The van der Waals surface area contributed by atoms with Gasteiger partial charge < -0.3 is 15.8 Å². The molecule has 0 saturated heterocycles. The van der Waals surface area contributed by atoms with E-state index >= 15 is 0 Å². The number of rotatable bonds is 5. The summed E-state index contributed by atoms with van der Waals surface area (Å²) in [5, 5.41) is 6.95. The van der Waals surface area contributed by atoms with E-state index in [2.05, 4.69) is 24.3 Å². The minimum absolute atomic E-state index is 0.170. The molecule has 0 fully saturated rings. The first-order valence-electron chi connectivity index (χ1n) is 6.94. The highest BCUT2D eigenvalue weighted by Crippen LogP contribution is 2.10. The van der Waals surface area contributed by atoms with Gasteiger partial charge in [-0.1, -0.05) is 0 Å². The molecule has 0 aliphatic heterocycles. The lowest BCUT2D eigenvalue weighted by Gasteiger charge is -2.21. The SMILES string of the molecule is CC(C)n1nccc1CC(N)CNC(=O)OC(C)(C)C. The van der Waals surface area contributed by atoms with Gasteiger partial charge in [0.05, 0.1) is 0 Å². The molecule has 1 unspecified atom stereocenters. The lowest BCUT2D eigenvalue weighted by molar-refractivity contribution is 0.0524. The van der Waals surface area contributed by atoms with Crippen molar-refractivity contribution >= 4 is 6.09 Å². The molecule has 0 saturated carbocycles. The van der Waals surface area contributed by atoms with Gasteiger partial charge in [-0.25, -0.2) is 4.79 Å². The minimum Gasteiger partial charge on any atom is -0.444 e. The summed E-state index contributed by atoms with van der Waals surface area (Å²) in [7, 11) is 0. The van der Waals surface area contributed by atoms with Gasteiger partial charge in [-0.3, -0.25) is 4.68 Å². The van der Waals surface area contributed by atoms with Crippen molar-refractivity contribution in [3.8, 4) is 0 Å². The molecule has 1 heterocycles. The van der Waals surface area contributed by atoms with E-state index in [4.69, 9.17) is 10.5 Å². The summed E-state index contributed by atoms with van der Waals surface area (Å²) in [5.41, 5.74) is 6.61. The van der Waals surface area contributed by atoms with E-state index in [0.717, 1.165) is 5.69 Å². The summed E-state index contributed by atoms with van der Waals surface area (Å²) in [6.07, 6.45) is 1.99. The largest absolute Gasteiger partial charge is 0.444 e. The van der Waals surface area contributed by atoms with Crippen LogP contribution in [0.3, 0.4) is 0 Å². The predicted molar refractivity (Wildman–Crippen MR) is 78.5 cm³/mol. The Labute approximate surface area is 120 Å². The summed E-state index contributed by atoms with van der Waals surface area (Å²) < 4.78 is 7.10. The Balaban J connectivity index is 2.42. The molecule has 0 aromatic carbocycles. The zero-order valence-corrected chi connectivity index (χ0v) is 13.0. The normalized spacial score (nSPS) is 13.3. The fourth-order valence-electron chi connectivity index (χ4n) is 1.84. The van der Waals surface area contributed by atoms with Crippen molar-refractivity contribution < 1.29 is 9.53 Å². The topological polar surface area (TPSA) is 82.2 Å². The molecule has 114 valence electrons. The van der Waals surface area contributed by atoms with E-state index in [0.29, 0.717) is 19.0 Å². The van der Waals surface area contributed by atoms with Gasteiger partial charge in [-0.05, 0) is 40.7 Å². The first-order valence-corrected chi connectivity index (χ1v) is 6.94. The number of carbonyl (C=O) groups excluding carboxylic acids is 1. The van der Waals surface area contributed by atoms with Gasteiger partial charge in [0.25, 0.3) is 0 Å². The van der Waals surface area contributed by atoms with Crippen molar-refractivity contribution in [3.05, 3.63) is 18.0 Å². The van der Waals surface area contributed by atoms with Gasteiger partial charge in [0, 0.05) is 36.9 Å². The molecule has 1 aromatic heterocycles. The number of ether oxygens (including phenoxy) is 1. The third-order valence-corrected chi connectivity index (χ3v) is 2.62. The quantitative estimate of drug-likeness (QED) is 0.863. The maximum Gasteiger partial charge on any atom is 0.407 e. The highest BCUT2D eigenvalue weighted by molar-refractivity contribution is 5.67. The van der Waals surface area contributed by atoms with Crippen LogP contribution in [0.15, 0.2) is 12.3 Å². The maximum atomic E-state index is 11.5. The van der Waals surface area contributed by atoms with Crippen LogP contribution in [0.1, 0.15) is 46.4 Å². The van der Waals surface area contributed by atoms with Crippen molar-refractivity contribution in [2.75, 3.05) is 6.54 Å². The lowest BCUT2D eigenvalue weighted by atomic mass is 10.1. The van der Waals surface area contributed by atoms with E-state index in [1.165, 1.54) is 0 Å². The van der Waals surface area contributed by atoms with Crippen LogP contribution in [0.4, 0.5) is 4.79 Å². The van der Waals surface area contributed by atoms with Crippen molar-refractivity contribution in [1.29, 1.82) is 0 Å². The second kappa shape index (κ2) is 6.74. The lowest BCUT2D eigenvalue weighted by Crippen LogP contribution is -2.41. The number of hydrogen-bond acceptors (Lipinski definition) is 4. The Hall–Kier alpha value is -1.56. The number of nitrogens with zero attached hydrogens (tertiary/aromatic N) is 2. The number of nitrogens with one attached hydrogen (secondary N) is 1. The molecular weight excluding hydrogens is 256 g/mol. The Bertz CT molecular complexity index is 435. The molecule has 1 amide bonds. The van der Waals surface area contributed by atoms with Crippen molar-refractivity contribution in [3.63, 3.8) is 0 Å². The molecule has 1 rings (SSSR count). The van der Waals surface area contributed by atoms with Gasteiger partial charge in [0.2, 0.25) is 0 Å². The molecule has 0 aliphatic carbocycles. The summed E-state index contributed by atoms with van der Waals surface area (Å²) >= 11 is 0. The molecule has 0 radical (unpaired) electrons. The van der Waals surface area contributed by atoms with Crippen LogP contribution >= 0.6 is 0 Å². The van der Waals surface area contributed by atoms with Crippen LogP contribution in [0, 0.1) is 0 Å². The predicted octanol–water partition coefficient (Wildman–Crippen LogP) is 1.86. The second-order valence-electron chi connectivity index (χ2n) is 6.21. The number of carbonyl (C=O) groups is 1. The average molecular weight is 282 g/mol. The van der Waals surface area contributed by atoms with Crippen LogP contribution in [0.5, 0.6) is 0 Å². The van der Waals surface area contributed by atoms with E-state index in [1.807, 2.05) is 31.5 Å². The maximum absolute atomic E-state index is 11.5. The molecule has 20 heavy (non-hydrogen) atoms. The summed E-state index contributed by atoms with van der Waals surface area (Å²) in [6.45, 7) is 10.00. The number of alkyl carbamates (subject to hydrolysis) is 1.